The van der Waals surface area contributed by atoms with Gasteiger partial charge in [0.05, 0.1) is 6.10 Å². The van der Waals surface area contributed by atoms with Crippen molar-refractivity contribution in [1.82, 2.24) is 0 Å². The molecule has 0 aromatic heterocycles. The average molecular weight is 337 g/mol. The Morgan fingerprint density at radius 3 is 2.13 bits per heavy atom. The zero-order valence-electron chi connectivity index (χ0n) is 17.4. The van der Waals surface area contributed by atoms with E-state index in [-0.39, 0.29) is 15.9 Å². The SMILES string of the molecule is C=C1C[C@@]2(C)[C@H](O[Si](C)(C)C(C)(C)C)CCC(C)(C)[C@@]2(C)[C@@H]1C. The van der Waals surface area contributed by atoms with Crippen molar-refractivity contribution in [2.75, 3.05) is 0 Å². The number of allylic oxidation sites excluding steroid dienone is 1. The van der Waals surface area contributed by atoms with Crippen LogP contribution in [0.3, 0.4) is 0 Å². The van der Waals surface area contributed by atoms with Crippen LogP contribution in [-0.4, -0.2) is 14.4 Å². The van der Waals surface area contributed by atoms with Gasteiger partial charge in [0, 0.05) is 5.41 Å². The number of hydrogen-bond donors (Lipinski definition) is 0. The molecule has 0 saturated heterocycles. The fraction of sp³-hybridized carbons (Fsp3) is 0.905. The molecule has 2 aliphatic carbocycles. The van der Waals surface area contributed by atoms with Gasteiger partial charge in [0.25, 0.3) is 0 Å². The molecule has 0 aromatic rings. The molecule has 0 radical (unpaired) electrons. The molecule has 2 rings (SSSR count). The minimum atomic E-state index is -1.75. The van der Waals surface area contributed by atoms with Crippen molar-refractivity contribution in [3.63, 3.8) is 0 Å². The summed E-state index contributed by atoms with van der Waals surface area (Å²) >= 11 is 0. The first-order valence-corrected chi connectivity index (χ1v) is 12.4. The van der Waals surface area contributed by atoms with Crippen molar-refractivity contribution >= 4 is 8.32 Å². The van der Waals surface area contributed by atoms with E-state index < -0.39 is 8.32 Å². The van der Waals surface area contributed by atoms with Gasteiger partial charge in [-0.1, -0.05) is 67.5 Å². The van der Waals surface area contributed by atoms with Crippen LogP contribution in [-0.2, 0) is 4.43 Å². The summed E-state index contributed by atoms with van der Waals surface area (Å²) in [6, 6.07) is 0. The van der Waals surface area contributed by atoms with Gasteiger partial charge in [0.2, 0.25) is 0 Å². The second-order valence-corrected chi connectivity index (χ2v) is 15.7. The molecule has 23 heavy (non-hydrogen) atoms. The van der Waals surface area contributed by atoms with Crippen LogP contribution in [0.1, 0.15) is 74.7 Å². The molecular formula is C21H40OSi. The van der Waals surface area contributed by atoms with Gasteiger partial charge in [-0.2, -0.15) is 0 Å². The third kappa shape index (κ3) is 2.50. The molecule has 2 heteroatoms. The van der Waals surface area contributed by atoms with Crippen LogP contribution in [0.25, 0.3) is 0 Å². The van der Waals surface area contributed by atoms with Crippen LogP contribution in [0.4, 0.5) is 0 Å². The zero-order valence-corrected chi connectivity index (χ0v) is 18.4. The van der Waals surface area contributed by atoms with Crippen molar-refractivity contribution in [2.24, 2.45) is 22.2 Å². The molecule has 4 atom stereocenters. The molecule has 2 fully saturated rings. The molecular weight excluding hydrogens is 296 g/mol. The van der Waals surface area contributed by atoms with Gasteiger partial charge in [-0.3, -0.25) is 0 Å². The third-order valence-corrected chi connectivity index (χ3v) is 13.1. The fourth-order valence-electron chi connectivity index (χ4n) is 5.31. The lowest BCUT2D eigenvalue weighted by atomic mass is 9.46. The number of rotatable bonds is 2. The number of hydrogen-bond acceptors (Lipinski definition) is 1. The maximum atomic E-state index is 7.01. The highest BCUT2D eigenvalue weighted by Gasteiger charge is 2.66. The Bertz CT molecular complexity index is 498. The van der Waals surface area contributed by atoms with Gasteiger partial charge in [-0.05, 0) is 54.1 Å². The molecule has 2 aliphatic rings. The normalized spacial score (nSPS) is 41.0. The molecule has 0 N–H and O–H groups in total. The second-order valence-electron chi connectivity index (χ2n) is 11.0. The lowest BCUT2D eigenvalue weighted by Gasteiger charge is -2.62. The highest BCUT2D eigenvalue weighted by molar-refractivity contribution is 6.74. The Hall–Kier alpha value is -0.0831. The lowest BCUT2D eigenvalue weighted by Crippen LogP contribution is -2.60. The van der Waals surface area contributed by atoms with Gasteiger partial charge in [-0.25, -0.2) is 0 Å². The summed E-state index contributed by atoms with van der Waals surface area (Å²) in [5.74, 6) is 0.577. The largest absolute Gasteiger partial charge is 0.413 e. The van der Waals surface area contributed by atoms with Crippen LogP contribution >= 0.6 is 0 Å². The Morgan fingerprint density at radius 2 is 1.65 bits per heavy atom. The van der Waals surface area contributed by atoms with Gasteiger partial charge < -0.3 is 4.43 Å². The van der Waals surface area contributed by atoms with Gasteiger partial charge in [-0.15, -0.1) is 0 Å². The van der Waals surface area contributed by atoms with E-state index >= 15 is 0 Å². The Morgan fingerprint density at radius 1 is 1.13 bits per heavy atom. The molecule has 0 aromatic carbocycles. The van der Waals surface area contributed by atoms with Crippen molar-refractivity contribution in [1.29, 1.82) is 0 Å². The Balaban J connectivity index is 2.45. The maximum absolute atomic E-state index is 7.01. The molecule has 1 nitrogen and oxygen atoms in total. The molecule has 0 amide bonds. The van der Waals surface area contributed by atoms with Crippen LogP contribution < -0.4 is 0 Å². The summed E-state index contributed by atoms with van der Waals surface area (Å²) in [5.41, 5.74) is 2.26. The first-order chi connectivity index (χ1) is 10.1. The summed E-state index contributed by atoms with van der Waals surface area (Å²) in [6.07, 6.45) is 3.97. The maximum Gasteiger partial charge on any atom is 0.192 e. The van der Waals surface area contributed by atoms with E-state index in [1.165, 1.54) is 18.4 Å². The topological polar surface area (TPSA) is 9.23 Å². The summed E-state index contributed by atoms with van der Waals surface area (Å²) in [6.45, 7) is 28.7. The predicted octanol–water partition coefficient (Wildman–Crippen LogP) is 6.81. The Kier molecular flexibility index (Phi) is 4.36. The fourth-order valence-corrected chi connectivity index (χ4v) is 6.75. The second kappa shape index (κ2) is 5.21. The van der Waals surface area contributed by atoms with E-state index in [4.69, 9.17) is 4.43 Å². The highest BCUT2D eigenvalue weighted by atomic mass is 28.4. The summed E-state index contributed by atoms with van der Waals surface area (Å²) < 4.78 is 7.01. The summed E-state index contributed by atoms with van der Waals surface area (Å²) in [7, 11) is -1.75. The minimum Gasteiger partial charge on any atom is -0.413 e. The van der Waals surface area contributed by atoms with Gasteiger partial charge >= 0.3 is 0 Å². The summed E-state index contributed by atoms with van der Waals surface area (Å²) in [5, 5.41) is 0.272. The van der Waals surface area contributed by atoms with E-state index in [9.17, 15) is 0 Å². The van der Waals surface area contributed by atoms with Crippen molar-refractivity contribution in [2.45, 2.75) is 98.9 Å². The highest BCUT2D eigenvalue weighted by Crippen LogP contribution is 2.71. The van der Waals surface area contributed by atoms with Crippen molar-refractivity contribution < 1.29 is 4.43 Å². The Labute approximate surface area is 146 Å². The minimum absolute atomic E-state index is 0.209. The molecule has 0 aliphatic heterocycles. The van der Waals surface area contributed by atoms with E-state index in [0.717, 1.165) is 6.42 Å². The molecule has 134 valence electrons. The molecule has 0 spiro atoms. The van der Waals surface area contributed by atoms with Crippen LogP contribution in [0.2, 0.25) is 18.1 Å². The van der Waals surface area contributed by atoms with Crippen molar-refractivity contribution in [3.05, 3.63) is 12.2 Å². The van der Waals surface area contributed by atoms with E-state index in [2.05, 4.69) is 75.1 Å². The predicted molar refractivity (Wildman–Crippen MR) is 104 cm³/mol. The lowest BCUT2D eigenvalue weighted by molar-refractivity contribution is -0.151. The van der Waals surface area contributed by atoms with Crippen molar-refractivity contribution in [3.8, 4) is 0 Å². The molecule has 0 bridgehead atoms. The van der Waals surface area contributed by atoms with E-state index in [1.807, 2.05) is 0 Å². The molecule has 0 unspecified atom stereocenters. The summed E-state index contributed by atoms with van der Waals surface area (Å²) in [4.78, 5) is 0. The first kappa shape index (κ1) is 19.2. The quantitative estimate of drug-likeness (QED) is 0.398. The monoisotopic (exact) mass is 336 g/mol. The average Bonchev–Trinajstić information content (AvgIpc) is 2.55. The first-order valence-electron chi connectivity index (χ1n) is 9.46. The standard InChI is InChI=1S/C21H40OSi/c1-15-14-20(8)17(22-23(10,11)18(3,4)5)12-13-19(6,7)21(20,9)16(15)2/h16-17H,1,12-14H2,2-11H3/t16-,17-,20+,21-/m1/s1. The molecule has 2 saturated carbocycles. The van der Waals surface area contributed by atoms with Gasteiger partial charge in [0.1, 0.15) is 0 Å². The zero-order chi connectivity index (χ0) is 18.1. The third-order valence-electron chi connectivity index (χ3n) is 8.65. The van der Waals surface area contributed by atoms with E-state index in [0.29, 0.717) is 17.4 Å². The van der Waals surface area contributed by atoms with Crippen LogP contribution in [0.15, 0.2) is 12.2 Å². The van der Waals surface area contributed by atoms with Gasteiger partial charge in [0.15, 0.2) is 8.32 Å². The van der Waals surface area contributed by atoms with Crippen LogP contribution in [0.5, 0.6) is 0 Å². The smallest absolute Gasteiger partial charge is 0.192 e. The molecule has 0 heterocycles. The number of fused-ring (bicyclic) bond motifs is 1. The van der Waals surface area contributed by atoms with E-state index in [1.54, 1.807) is 0 Å². The van der Waals surface area contributed by atoms with Crippen LogP contribution in [0, 0.1) is 22.2 Å².